The van der Waals surface area contributed by atoms with Crippen molar-refractivity contribution >= 4 is 146 Å². The molecule has 9 rings (SSSR count). The van der Waals surface area contributed by atoms with Gasteiger partial charge in [-0.05, 0) is 125 Å². The van der Waals surface area contributed by atoms with E-state index in [1.165, 1.54) is 75.6 Å². The number of likely N-dealkylation sites (N-methyl/N-ethyl adjacent to an activating group) is 3. The molecule has 15 atom stereocenters. The van der Waals surface area contributed by atoms with E-state index in [9.17, 15) is 73.2 Å². The van der Waals surface area contributed by atoms with E-state index in [1.54, 1.807) is 61.7 Å². The number of primary amides is 2. The number of aromatic nitrogens is 4. The maximum Gasteiger partial charge on any atom is 0.323 e. The fourth-order valence-corrected chi connectivity index (χ4v) is 18.3. The monoisotopic (exact) mass is 1980 g/mol. The molecule has 3 aromatic carbocycles. The number of carboxylic acids is 2. The van der Waals surface area contributed by atoms with Crippen LogP contribution in [-0.2, 0) is 123 Å². The number of unbranched alkanes of at least 4 members (excludes halogenated alkanes) is 3. The number of aliphatic hydroxyl groups is 1. The SMILES string of the molecule is CCCC[C@H]1C(=O)N(C)[C@@H](CCCC)C(=O)N[C@@H](CCC(=O)O)C(=O)N[C@H](C(=O)NCC(N)=O)CSCC(=O)N[C@@H](Cc2ccc(O)cc2)C(=O)N(C)[C@@H](C)C(=O)N[C@@H](CC(N)=O)C(=O)N2CCC[C@H]2C(=O)N[C@@H](Cc2cnc[nH]2)C(=O)N[C@@H](CCCN)C(=O)N2C[C@H](O)C[C@H]2C(=O)N[C@@H](Cc2c[nH]c3ccccc23)C(=O)N[C@@H](CCCCN)C(=O)N[C@@H](Cc2cn(CC(=O)O)c3ccccc23)C(=O)N1C. The third-order valence-electron chi connectivity index (χ3n) is 25.2. The molecule has 17 amide bonds. The number of nitrogens with two attached hydrogens (primary N) is 4. The zero-order valence-corrected chi connectivity index (χ0v) is 80.6. The summed E-state index contributed by atoms with van der Waals surface area (Å²) in [7, 11) is 3.77. The number of hydrogen-bond donors (Lipinski definition) is 20. The van der Waals surface area contributed by atoms with Gasteiger partial charge in [0.2, 0.25) is 100 Å². The average molecular weight is 1980 g/mol. The van der Waals surface area contributed by atoms with E-state index in [2.05, 4.69) is 68.1 Å². The molecule has 3 aromatic heterocycles. The highest BCUT2D eigenvalue weighted by Gasteiger charge is 2.47. The number of nitrogens with one attached hydrogen (secondary N) is 12. The smallest absolute Gasteiger partial charge is 0.323 e. The molecule has 24 N–H and O–H groups in total. The Hall–Kier alpha value is -14.1. The number of nitrogens with zero attached hydrogens (tertiary/aromatic N) is 7. The van der Waals surface area contributed by atoms with Gasteiger partial charge in [-0.2, -0.15) is 0 Å². The molecule has 0 bridgehead atoms. The molecule has 141 heavy (non-hydrogen) atoms. The number of thioether (sulfide) groups is 1. The summed E-state index contributed by atoms with van der Waals surface area (Å²) in [5.74, 6) is -20.7. The molecule has 3 aliphatic heterocycles. The maximum absolute atomic E-state index is 16.1. The van der Waals surface area contributed by atoms with Crippen LogP contribution in [0.2, 0.25) is 0 Å². The number of imidazole rings is 1. The van der Waals surface area contributed by atoms with E-state index in [0.717, 1.165) is 24.5 Å². The van der Waals surface area contributed by atoms with E-state index in [0.29, 0.717) is 63.1 Å². The van der Waals surface area contributed by atoms with Gasteiger partial charge in [0.05, 0.1) is 31.1 Å². The molecule has 0 aliphatic carbocycles. The van der Waals surface area contributed by atoms with Crippen molar-refractivity contribution in [3.8, 4) is 5.75 Å². The van der Waals surface area contributed by atoms with Crippen molar-refractivity contribution in [2.24, 2.45) is 22.9 Å². The molecule has 3 saturated heterocycles. The number of aromatic hydroxyl groups is 1. The van der Waals surface area contributed by atoms with Crippen LogP contribution >= 0.6 is 11.8 Å². The van der Waals surface area contributed by atoms with Gasteiger partial charge in [-0.1, -0.05) is 88.1 Å². The van der Waals surface area contributed by atoms with Gasteiger partial charge in [0.25, 0.3) is 0 Å². The first-order valence-corrected chi connectivity index (χ1v) is 48.3. The molecule has 6 aromatic rings. The third kappa shape index (κ3) is 31.2. The largest absolute Gasteiger partial charge is 0.508 e. The summed E-state index contributed by atoms with van der Waals surface area (Å²) in [6.07, 6.45) is 1.77. The minimum absolute atomic E-state index is 0.0365. The summed E-state index contributed by atoms with van der Waals surface area (Å²) in [4.78, 5) is 292. The maximum atomic E-state index is 16.1. The lowest BCUT2D eigenvalue weighted by atomic mass is 9.99. The Kier molecular flexibility index (Phi) is 41.8. The van der Waals surface area contributed by atoms with Gasteiger partial charge >= 0.3 is 11.9 Å². The number of fused-ring (bicyclic) bond motifs is 4. The molecule has 0 saturated carbocycles. The first-order valence-electron chi connectivity index (χ1n) is 47.2. The van der Waals surface area contributed by atoms with Crippen molar-refractivity contribution < 1.29 is 112 Å². The Bertz CT molecular complexity index is 5440. The summed E-state index contributed by atoms with van der Waals surface area (Å²) in [6, 6.07) is -3.41. The van der Waals surface area contributed by atoms with Crippen LogP contribution in [0.15, 0.2) is 97.7 Å². The number of carbonyl (C=O) groups excluding carboxylic acids is 17. The zero-order chi connectivity index (χ0) is 103. The average Bonchev–Trinajstić information content (AvgIpc) is 1.66. The molecule has 6 heterocycles. The molecule has 766 valence electrons. The Labute approximate surface area is 817 Å². The Balaban J connectivity index is 1.13. The van der Waals surface area contributed by atoms with Crippen LogP contribution in [-0.4, -0.2) is 333 Å². The number of para-hydroxylation sites is 2. The molecular weight excluding hydrogens is 1850 g/mol. The number of aliphatic carboxylic acids is 2. The van der Waals surface area contributed by atoms with E-state index >= 15 is 38.4 Å². The standard InChI is InChI=1S/C94H131N23O23S/c1-7-9-24-72-87(133)105-63(32-33-79(123)124)84(130)111-70(82(128)101-45-77(98)121)49-141-50-78(122)103-67(37-53-28-30-57(118)31-29-53)90(136)112(4)52(3)81(127)109-69(42-76(97)120)93(139)116-36-18-27-73(116)88(134)108-66(40-56-44-99-51-102-56)86(132)106-64(23-17-35-96)92(138)117-47-58(119)41-75(117)89(135)107-65(38-54-43-100-61-21-13-11-19-59(54)61)85(131)104-62(22-15-16-34-95)83(129)110-68(91(137)114(6)74(25-10-8-2)94(140)113(72)5)39-55-46-115(48-80(125)126)71-26-14-12-20-60(55)71/h11-14,19-21,26,28-31,43-44,46,51-52,58,62-70,72-75,100,118-119H,7-10,15-18,22-25,27,32-42,45,47-50,95-96H2,1-6H3,(H2,97,120)(H2,98,121)(H,99,102)(H,101,128)(H,103,122)(H,104,131)(H,105,133)(H,106,132)(H,107,135)(H,108,134)(H,109,127)(H,110,129)(H,111,130)(H,123,124)(H,125,126)/t52-,58+,62-,63-,64-,65-,66-,67-,68-,69-,70-,72-,73-,74-,75-/m0/s1. The highest BCUT2D eigenvalue weighted by atomic mass is 32.2. The molecule has 46 nitrogen and oxygen atoms in total. The Morgan fingerprint density at radius 2 is 1.09 bits per heavy atom. The summed E-state index contributed by atoms with van der Waals surface area (Å²) in [6.45, 7) is 2.94. The van der Waals surface area contributed by atoms with Crippen LogP contribution in [0.3, 0.4) is 0 Å². The second kappa shape index (κ2) is 53.3. The fourth-order valence-electron chi connectivity index (χ4n) is 17.4. The van der Waals surface area contributed by atoms with Crippen LogP contribution < -0.4 is 76.1 Å². The first kappa shape index (κ1) is 111. The van der Waals surface area contributed by atoms with Crippen LogP contribution in [0.4, 0.5) is 0 Å². The normalized spacial score (nSPS) is 24.2. The van der Waals surface area contributed by atoms with Crippen molar-refractivity contribution in [2.45, 2.75) is 253 Å². The van der Waals surface area contributed by atoms with Gasteiger partial charge in [0, 0.05) is 125 Å². The van der Waals surface area contributed by atoms with E-state index < -0.39 is 266 Å². The second-order valence-corrected chi connectivity index (χ2v) is 36.7. The number of amides is 17. The molecule has 0 unspecified atom stereocenters. The van der Waals surface area contributed by atoms with Crippen molar-refractivity contribution in [2.75, 3.05) is 65.4 Å². The van der Waals surface area contributed by atoms with Gasteiger partial charge in [-0.25, -0.2) is 4.98 Å². The van der Waals surface area contributed by atoms with Crippen LogP contribution in [0, 0.1) is 0 Å². The molecule has 0 spiro atoms. The van der Waals surface area contributed by atoms with Crippen molar-refractivity contribution in [1.29, 1.82) is 0 Å². The van der Waals surface area contributed by atoms with Crippen molar-refractivity contribution in [3.05, 3.63) is 120 Å². The predicted molar refractivity (Wildman–Crippen MR) is 513 cm³/mol. The molecule has 47 heteroatoms. The van der Waals surface area contributed by atoms with Gasteiger partial charge in [-0.3, -0.25) is 91.1 Å². The highest BCUT2D eigenvalue weighted by molar-refractivity contribution is 8.00. The number of aromatic amines is 2. The number of carbonyl (C=O) groups is 19. The van der Waals surface area contributed by atoms with Gasteiger partial charge in [-0.15, -0.1) is 11.8 Å². The second-order valence-electron chi connectivity index (χ2n) is 35.7. The number of H-pyrrole nitrogens is 2. The molecule has 0 radical (unpaired) electrons. The number of aliphatic hydroxyl groups excluding tert-OH is 1. The summed E-state index contributed by atoms with van der Waals surface area (Å²) >= 11 is 0.696. The summed E-state index contributed by atoms with van der Waals surface area (Å²) in [5.41, 5.74) is 25.8. The van der Waals surface area contributed by atoms with Crippen LogP contribution in [0.1, 0.15) is 152 Å². The number of rotatable bonds is 31. The lowest BCUT2D eigenvalue weighted by molar-refractivity contribution is -0.149. The van der Waals surface area contributed by atoms with E-state index in [4.69, 9.17) is 22.9 Å². The molecule has 3 aliphatic rings. The van der Waals surface area contributed by atoms with E-state index in [1.807, 2.05) is 6.92 Å². The first-order chi connectivity index (χ1) is 67.2. The number of phenolic OH excluding ortho intramolecular Hbond substituents is 1. The van der Waals surface area contributed by atoms with Gasteiger partial charge in [0.1, 0.15) is 96.9 Å². The molecule has 3 fully saturated rings. The number of benzene rings is 3. The third-order valence-corrected chi connectivity index (χ3v) is 26.3. The quantitative estimate of drug-likeness (QED) is 0.0194. The van der Waals surface area contributed by atoms with Crippen molar-refractivity contribution in [1.82, 2.24) is 97.2 Å². The zero-order valence-electron chi connectivity index (χ0n) is 79.8. The van der Waals surface area contributed by atoms with E-state index in [-0.39, 0.29) is 121 Å². The minimum atomic E-state index is -1.82. The summed E-state index contributed by atoms with van der Waals surface area (Å²) in [5, 5.41) is 69.5. The topological polar surface area (TPSA) is 695 Å². The highest BCUT2D eigenvalue weighted by Crippen LogP contribution is 2.29. The number of phenols is 1. The van der Waals surface area contributed by atoms with Crippen LogP contribution in [0.25, 0.3) is 21.8 Å². The van der Waals surface area contributed by atoms with Gasteiger partial charge in [0.15, 0.2) is 0 Å². The number of carboxylic acid groups (broad SMARTS) is 2. The lowest BCUT2D eigenvalue weighted by Crippen LogP contribution is -2.61. The fraction of sp³-hybridized carbons (Fsp3) is 0.532. The Morgan fingerprint density at radius 3 is 1.74 bits per heavy atom. The lowest BCUT2D eigenvalue weighted by Gasteiger charge is -2.36. The molecular formula is C94H131N23O23S. The summed E-state index contributed by atoms with van der Waals surface area (Å²) < 4.78 is 1.42. The minimum Gasteiger partial charge on any atom is -0.508 e. The van der Waals surface area contributed by atoms with Crippen LogP contribution in [0.5, 0.6) is 5.75 Å². The van der Waals surface area contributed by atoms with Gasteiger partial charge < -0.3 is 136 Å². The predicted octanol–water partition coefficient (Wildman–Crippen LogP) is -2.94. The number of hydrogen-bond acceptors (Lipinski definition) is 25. The van der Waals surface area contributed by atoms with Crippen molar-refractivity contribution in [3.63, 3.8) is 0 Å². The Morgan fingerprint density at radius 1 is 0.525 bits per heavy atom.